The van der Waals surface area contributed by atoms with Crippen molar-refractivity contribution in [2.75, 3.05) is 13.7 Å². The maximum atomic E-state index is 12.7. The van der Waals surface area contributed by atoms with Gasteiger partial charge in [0.25, 0.3) is 0 Å². The fraction of sp³-hybridized carbons (Fsp3) is 0.350. The molecule has 0 radical (unpaired) electrons. The number of unbranched alkanes of at least 4 members (excludes halogenated alkanes) is 3. The van der Waals surface area contributed by atoms with Crippen molar-refractivity contribution < 1.29 is 14.3 Å². The van der Waals surface area contributed by atoms with Crippen LogP contribution in [0.3, 0.4) is 0 Å². The molecule has 0 heterocycles. The van der Waals surface area contributed by atoms with Gasteiger partial charge in [-0.25, -0.2) is 0 Å². The Morgan fingerprint density at radius 3 is 2.46 bits per heavy atom. The van der Waals surface area contributed by atoms with Crippen LogP contribution in [0, 0.1) is 0 Å². The van der Waals surface area contributed by atoms with Crippen LogP contribution in [-0.2, 0) is 0 Å². The summed E-state index contributed by atoms with van der Waals surface area (Å²) in [5.74, 6) is 1.09. The zero-order chi connectivity index (χ0) is 17.4. The fourth-order valence-electron chi connectivity index (χ4n) is 2.46. The van der Waals surface area contributed by atoms with E-state index < -0.39 is 0 Å². The van der Waals surface area contributed by atoms with Crippen molar-refractivity contribution in [1.82, 2.24) is 0 Å². The third kappa shape index (κ3) is 4.75. The van der Waals surface area contributed by atoms with Gasteiger partial charge in [0.1, 0.15) is 11.5 Å². The quantitative estimate of drug-likeness (QED) is 0.442. The van der Waals surface area contributed by atoms with E-state index >= 15 is 0 Å². The lowest BCUT2D eigenvalue weighted by Crippen LogP contribution is -2.05. The van der Waals surface area contributed by atoms with Gasteiger partial charge in [-0.15, -0.1) is 0 Å². The molecule has 0 atom stereocenters. The summed E-state index contributed by atoms with van der Waals surface area (Å²) in [5.41, 5.74) is 0.939. The van der Waals surface area contributed by atoms with Crippen LogP contribution in [0.25, 0.3) is 0 Å². The molecule has 0 unspecified atom stereocenters. The zero-order valence-electron chi connectivity index (χ0n) is 14.2. The van der Waals surface area contributed by atoms with Gasteiger partial charge in [0.05, 0.1) is 24.3 Å². The van der Waals surface area contributed by atoms with Crippen LogP contribution >= 0.6 is 11.6 Å². The summed E-state index contributed by atoms with van der Waals surface area (Å²) in [6, 6.07) is 12.3. The molecule has 0 saturated heterocycles. The van der Waals surface area contributed by atoms with E-state index in [-0.39, 0.29) is 5.78 Å². The molecule has 0 aliphatic heterocycles. The van der Waals surface area contributed by atoms with E-state index in [0.717, 1.165) is 12.2 Å². The average molecular weight is 347 g/mol. The number of halogens is 1. The Morgan fingerprint density at radius 1 is 1.04 bits per heavy atom. The smallest absolute Gasteiger partial charge is 0.198 e. The molecule has 0 aliphatic rings. The molecule has 2 aromatic rings. The predicted octanol–water partition coefficient (Wildman–Crippen LogP) is 5.54. The van der Waals surface area contributed by atoms with Crippen LogP contribution in [0.15, 0.2) is 42.5 Å². The van der Waals surface area contributed by atoms with Gasteiger partial charge in [-0.1, -0.05) is 43.9 Å². The minimum absolute atomic E-state index is 0.160. The van der Waals surface area contributed by atoms with Gasteiger partial charge in [-0.05, 0) is 42.8 Å². The number of hydrogen-bond acceptors (Lipinski definition) is 3. The number of hydrogen-bond donors (Lipinski definition) is 0. The van der Waals surface area contributed by atoms with Crippen molar-refractivity contribution in [2.24, 2.45) is 0 Å². The lowest BCUT2D eigenvalue weighted by atomic mass is 10.0. The van der Waals surface area contributed by atoms with Crippen LogP contribution in [-0.4, -0.2) is 19.5 Å². The number of carbonyl (C=O) groups excluding carboxylic acids is 1. The summed E-state index contributed by atoms with van der Waals surface area (Å²) < 4.78 is 10.9. The number of methoxy groups -OCH3 is 1. The van der Waals surface area contributed by atoms with Crippen molar-refractivity contribution in [3.05, 3.63) is 58.6 Å². The standard InChI is InChI=1S/C20H23ClO3/c1-3-4-5-6-14-24-16-12-10-15(11-13-16)20(22)19-17(21)8-7-9-18(19)23-2/h7-13H,3-6,14H2,1-2H3. The molecule has 0 bridgehead atoms. The summed E-state index contributed by atoms with van der Waals surface area (Å²) in [4.78, 5) is 12.7. The highest BCUT2D eigenvalue weighted by molar-refractivity contribution is 6.35. The van der Waals surface area contributed by atoms with E-state index in [1.807, 2.05) is 12.1 Å². The Balaban J connectivity index is 2.04. The lowest BCUT2D eigenvalue weighted by Gasteiger charge is -2.10. The van der Waals surface area contributed by atoms with Gasteiger partial charge < -0.3 is 9.47 Å². The summed E-state index contributed by atoms with van der Waals surface area (Å²) in [6.07, 6.45) is 4.67. The maximum Gasteiger partial charge on any atom is 0.198 e. The van der Waals surface area contributed by atoms with E-state index in [4.69, 9.17) is 21.1 Å². The number of rotatable bonds is 9. The lowest BCUT2D eigenvalue weighted by molar-refractivity contribution is 0.103. The highest BCUT2D eigenvalue weighted by Gasteiger charge is 2.18. The predicted molar refractivity (Wildman–Crippen MR) is 97.5 cm³/mol. The van der Waals surface area contributed by atoms with Gasteiger partial charge in [-0.3, -0.25) is 4.79 Å². The van der Waals surface area contributed by atoms with Crippen LogP contribution in [0.2, 0.25) is 5.02 Å². The Labute approximate surface area is 148 Å². The molecule has 0 fully saturated rings. The highest BCUT2D eigenvalue weighted by atomic mass is 35.5. The summed E-state index contributed by atoms with van der Waals surface area (Å²) >= 11 is 6.17. The summed E-state index contributed by atoms with van der Waals surface area (Å²) in [5, 5.41) is 0.385. The molecule has 0 spiro atoms. The SMILES string of the molecule is CCCCCCOc1ccc(C(=O)c2c(Cl)cccc2OC)cc1. The summed E-state index contributed by atoms with van der Waals surface area (Å²) in [6.45, 7) is 2.89. The first-order valence-corrected chi connectivity index (χ1v) is 8.65. The fourth-order valence-corrected chi connectivity index (χ4v) is 2.71. The highest BCUT2D eigenvalue weighted by Crippen LogP contribution is 2.29. The van der Waals surface area contributed by atoms with Crippen LogP contribution in [0.1, 0.15) is 48.5 Å². The zero-order valence-corrected chi connectivity index (χ0v) is 14.9. The Kier molecular flexibility index (Phi) is 7.13. The van der Waals surface area contributed by atoms with Crippen LogP contribution < -0.4 is 9.47 Å². The number of carbonyl (C=O) groups is 1. The van der Waals surface area contributed by atoms with Crippen molar-refractivity contribution in [1.29, 1.82) is 0 Å². The van der Waals surface area contributed by atoms with Gasteiger partial charge in [0, 0.05) is 5.56 Å². The molecular weight excluding hydrogens is 324 g/mol. The largest absolute Gasteiger partial charge is 0.496 e. The molecule has 0 aliphatic carbocycles. The average Bonchev–Trinajstić information content (AvgIpc) is 2.61. The van der Waals surface area contributed by atoms with Crippen molar-refractivity contribution in [2.45, 2.75) is 32.6 Å². The maximum absolute atomic E-state index is 12.7. The van der Waals surface area contributed by atoms with Gasteiger partial charge >= 0.3 is 0 Å². The molecule has 3 nitrogen and oxygen atoms in total. The van der Waals surface area contributed by atoms with Gasteiger partial charge in [0.15, 0.2) is 5.78 Å². The molecule has 4 heteroatoms. The first-order valence-electron chi connectivity index (χ1n) is 8.27. The monoisotopic (exact) mass is 346 g/mol. The summed E-state index contributed by atoms with van der Waals surface area (Å²) in [7, 11) is 1.53. The number of benzene rings is 2. The molecule has 2 aromatic carbocycles. The number of ketones is 1. The van der Waals surface area contributed by atoms with E-state index in [2.05, 4.69) is 6.92 Å². The van der Waals surface area contributed by atoms with E-state index in [0.29, 0.717) is 28.5 Å². The molecule has 2 rings (SSSR count). The minimum atomic E-state index is -0.160. The molecule has 24 heavy (non-hydrogen) atoms. The second kappa shape index (κ2) is 9.33. The van der Waals surface area contributed by atoms with E-state index in [9.17, 15) is 4.79 Å². The third-order valence-electron chi connectivity index (χ3n) is 3.81. The number of ether oxygens (including phenoxy) is 2. The second-order valence-electron chi connectivity index (χ2n) is 5.58. The van der Waals surface area contributed by atoms with Crippen molar-refractivity contribution in [3.8, 4) is 11.5 Å². The first kappa shape index (κ1) is 18.3. The van der Waals surface area contributed by atoms with Crippen molar-refractivity contribution >= 4 is 17.4 Å². The van der Waals surface area contributed by atoms with Gasteiger partial charge in [-0.2, -0.15) is 0 Å². The normalized spacial score (nSPS) is 10.5. The minimum Gasteiger partial charge on any atom is -0.496 e. The molecule has 0 aromatic heterocycles. The third-order valence-corrected chi connectivity index (χ3v) is 4.12. The Bertz CT molecular complexity index is 665. The Morgan fingerprint density at radius 2 is 1.79 bits per heavy atom. The topological polar surface area (TPSA) is 35.5 Å². The van der Waals surface area contributed by atoms with E-state index in [1.54, 1.807) is 30.3 Å². The van der Waals surface area contributed by atoms with Crippen molar-refractivity contribution in [3.63, 3.8) is 0 Å². The molecule has 0 amide bonds. The first-order chi connectivity index (χ1) is 11.7. The van der Waals surface area contributed by atoms with E-state index in [1.165, 1.54) is 26.4 Å². The molecular formula is C20H23ClO3. The van der Waals surface area contributed by atoms with Crippen LogP contribution in [0.4, 0.5) is 0 Å². The second-order valence-corrected chi connectivity index (χ2v) is 5.99. The Hall–Kier alpha value is -2.00. The molecule has 0 N–H and O–H groups in total. The van der Waals surface area contributed by atoms with Gasteiger partial charge in [0.2, 0.25) is 0 Å². The molecule has 0 saturated carbocycles. The molecule has 128 valence electrons. The van der Waals surface area contributed by atoms with Crippen LogP contribution in [0.5, 0.6) is 11.5 Å².